The van der Waals surface area contributed by atoms with Crippen LogP contribution in [-0.2, 0) is 0 Å². The van der Waals surface area contributed by atoms with Crippen LogP contribution in [0.2, 0.25) is 0 Å². The smallest absolute Gasteiger partial charge is 0.223 e. The van der Waals surface area contributed by atoms with Crippen LogP contribution in [0.1, 0.15) is 6.92 Å². The van der Waals surface area contributed by atoms with Gasteiger partial charge in [0, 0.05) is 25.7 Å². The second kappa shape index (κ2) is 3.74. The molecule has 0 bridgehead atoms. The lowest BCUT2D eigenvalue weighted by atomic mass is 10.2. The van der Waals surface area contributed by atoms with E-state index < -0.39 is 0 Å². The second-order valence-electron chi connectivity index (χ2n) is 3.79. The van der Waals surface area contributed by atoms with Gasteiger partial charge in [-0.1, -0.05) is 0 Å². The molecular weight excluding hydrogens is 198 g/mol. The standard InChI is InChI=1S/C9H15N3OS/c1-7-5-11(2)3-4-12(7)9-10-8(13)6-14-9/h6-7,13H,3-5H2,1-2H3/t7-/m1/s1. The van der Waals surface area contributed by atoms with Crippen molar-refractivity contribution in [3.8, 4) is 5.88 Å². The van der Waals surface area contributed by atoms with E-state index in [-0.39, 0.29) is 5.88 Å². The Morgan fingerprint density at radius 3 is 2.93 bits per heavy atom. The minimum atomic E-state index is 0.135. The SMILES string of the molecule is C[C@@H]1CN(C)CCN1c1nc(O)cs1. The summed E-state index contributed by atoms with van der Waals surface area (Å²) in [5.41, 5.74) is 0. The van der Waals surface area contributed by atoms with Crippen molar-refractivity contribution in [1.29, 1.82) is 0 Å². The van der Waals surface area contributed by atoms with Crippen LogP contribution in [0.3, 0.4) is 0 Å². The first-order valence-electron chi connectivity index (χ1n) is 4.76. The molecule has 1 aromatic rings. The van der Waals surface area contributed by atoms with Crippen LogP contribution in [-0.4, -0.2) is 47.7 Å². The number of anilines is 1. The molecule has 1 aliphatic rings. The summed E-state index contributed by atoms with van der Waals surface area (Å²) in [5.74, 6) is 0.135. The first-order chi connectivity index (χ1) is 6.66. The molecule has 0 amide bonds. The van der Waals surface area contributed by atoms with E-state index in [0.717, 1.165) is 24.8 Å². The van der Waals surface area contributed by atoms with Gasteiger partial charge in [-0.25, -0.2) is 0 Å². The molecule has 5 heteroatoms. The van der Waals surface area contributed by atoms with Crippen LogP contribution >= 0.6 is 11.3 Å². The lowest BCUT2D eigenvalue weighted by Crippen LogP contribution is -2.50. The van der Waals surface area contributed by atoms with Crippen LogP contribution < -0.4 is 4.90 Å². The molecule has 0 aromatic carbocycles. The maximum atomic E-state index is 9.18. The molecule has 1 atom stereocenters. The molecule has 78 valence electrons. The summed E-state index contributed by atoms with van der Waals surface area (Å²) in [7, 11) is 2.13. The predicted octanol–water partition coefficient (Wildman–Crippen LogP) is 0.989. The van der Waals surface area contributed by atoms with E-state index in [1.807, 2.05) is 0 Å². The highest BCUT2D eigenvalue weighted by molar-refractivity contribution is 7.13. The zero-order valence-corrected chi connectivity index (χ0v) is 9.29. The molecule has 4 nitrogen and oxygen atoms in total. The molecular formula is C9H15N3OS. The lowest BCUT2D eigenvalue weighted by Gasteiger charge is -2.37. The summed E-state index contributed by atoms with van der Waals surface area (Å²) in [4.78, 5) is 8.66. The topological polar surface area (TPSA) is 39.6 Å². The third kappa shape index (κ3) is 1.83. The minimum absolute atomic E-state index is 0.135. The van der Waals surface area contributed by atoms with Gasteiger partial charge in [-0.05, 0) is 14.0 Å². The van der Waals surface area contributed by atoms with E-state index >= 15 is 0 Å². The van der Waals surface area contributed by atoms with Gasteiger partial charge in [0.1, 0.15) is 0 Å². The first kappa shape index (κ1) is 9.73. The van der Waals surface area contributed by atoms with Crippen molar-refractivity contribution < 1.29 is 5.11 Å². The van der Waals surface area contributed by atoms with E-state index in [1.165, 1.54) is 11.3 Å². The normalized spacial score (nSPS) is 24.1. The fourth-order valence-electron chi connectivity index (χ4n) is 1.81. The van der Waals surface area contributed by atoms with Gasteiger partial charge >= 0.3 is 0 Å². The third-order valence-electron chi connectivity index (χ3n) is 2.56. The second-order valence-corrected chi connectivity index (χ2v) is 4.63. The first-order valence-corrected chi connectivity index (χ1v) is 5.64. The maximum Gasteiger partial charge on any atom is 0.223 e. The Morgan fingerprint density at radius 1 is 1.57 bits per heavy atom. The molecule has 2 rings (SSSR count). The average Bonchev–Trinajstić information content (AvgIpc) is 2.51. The van der Waals surface area contributed by atoms with Gasteiger partial charge in [-0.3, -0.25) is 0 Å². The van der Waals surface area contributed by atoms with E-state index in [1.54, 1.807) is 5.38 Å². The number of hydrogen-bond donors (Lipinski definition) is 1. The summed E-state index contributed by atoms with van der Waals surface area (Å²) in [6.45, 7) is 5.30. The highest BCUT2D eigenvalue weighted by Gasteiger charge is 2.23. The molecule has 1 aliphatic heterocycles. The summed E-state index contributed by atoms with van der Waals surface area (Å²) in [6.07, 6.45) is 0. The number of hydrogen-bond acceptors (Lipinski definition) is 5. The molecule has 1 aromatic heterocycles. The van der Waals surface area contributed by atoms with Crippen molar-refractivity contribution in [1.82, 2.24) is 9.88 Å². The Labute approximate surface area is 87.8 Å². The third-order valence-corrected chi connectivity index (χ3v) is 3.42. The molecule has 2 heterocycles. The summed E-state index contributed by atoms with van der Waals surface area (Å²) in [5, 5.41) is 11.8. The zero-order chi connectivity index (χ0) is 10.1. The number of thiazole rings is 1. The van der Waals surface area contributed by atoms with E-state index in [2.05, 4.69) is 28.8 Å². The molecule has 1 N–H and O–H groups in total. The van der Waals surface area contributed by atoms with Gasteiger partial charge < -0.3 is 14.9 Å². The Hall–Kier alpha value is -0.810. The molecule has 0 unspecified atom stereocenters. The van der Waals surface area contributed by atoms with E-state index in [9.17, 15) is 5.11 Å². The fraction of sp³-hybridized carbons (Fsp3) is 0.667. The van der Waals surface area contributed by atoms with E-state index in [0.29, 0.717) is 6.04 Å². The quantitative estimate of drug-likeness (QED) is 0.755. The molecule has 0 radical (unpaired) electrons. The van der Waals surface area contributed by atoms with Crippen LogP contribution in [0.15, 0.2) is 5.38 Å². The number of likely N-dealkylation sites (N-methyl/N-ethyl adjacent to an activating group) is 1. The van der Waals surface area contributed by atoms with Crippen molar-refractivity contribution in [2.24, 2.45) is 0 Å². The average molecular weight is 213 g/mol. The Bertz CT molecular complexity index is 315. The molecule has 0 spiro atoms. The molecule has 0 saturated carbocycles. The Balaban J connectivity index is 2.11. The minimum Gasteiger partial charge on any atom is -0.493 e. The number of nitrogens with zero attached hydrogens (tertiary/aromatic N) is 3. The molecule has 14 heavy (non-hydrogen) atoms. The van der Waals surface area contributed by atoms with Gasteiger partial charge in [0.15, 0.2) is 5.13 Å². The van der Waals surface area contributed by atoms with Crippen LogP contribution in [0.4, 0.5) is 5.13 Å². The predicted molar refractivity (Wildman–Crippen MR) is 58.1 cm³/mol. The van der Waals surface area contributed by atoms with Gasteiger partial charge in [-0.2, -0.15) is 4.98 Å². The molecule has 1 saturated heterocycles. The largest absolute Gasteiger partial charge is 0.493 e. The number of piperazine rings is 1. The zero-order valence-electron chi connectivity index (χ0n) is 8.47. The summed E-state index contributed by atoms with van der Waals surface area (Å²) >= 11 is 1.51. The number of rotatable bonds is 1. The van der Waals surface area contributed by atoms with Crippen molar-refractivity contribution in [3.05, 3.63) is 5.38 Å². The highest BCUT2D eigenvalue weighted by atomic mass is 32.1. The lowest BCUT2D eigenvalue weighted by molar-refractivity contribution is 0.275. The summed E-state index contributed by atoms with van der Waals surface area (Å²) in [6, 6.07) is 0.472. The van der Waals surface area contributed by atoms with Crippen molar-refractivity contribution >= 4 is 16.5 Å². The van der Waals surface area contributed by atoms with E-state index in [4.69, 9.17) is 0 Å². The maximum absolute atomic E-state index is 9.18. The highest BCUT2D eigenvalue weighted by Crippen LogP contribution is 2.26. The van der Waals surface area contributed by atoms with Crippen molar-refractivity contribution in [2.45, 2.75) is 13.0 Å². The summed E-state index contributed by atoms with van der Waals surface area (Å²) < 4.78 is 0. The molecule has 1 fully saturated rings. The van der Waals surface area contributed by atoms with Crippen LogP contribution in [0, 0.1) is 0 Å². The number of aromatic nitrogens is 1. The van der Waals surface area contributed by atoms with Gasteiger partial charge in [-0.15, -0.1) is 11.3 Å². The van der Waals surface area contributed by atoms with Crippen molar-refractivity contribution in [3.63, 3.8) is 0 Å². The van der Waals surface area contributed by atoms with Gasteiger partial charge in [0.05, 0.1) is 5.38 Å². The monoisotopic (exact) mass is 213 g/mol. The van der Waals surface area contributed by atoms with Crippen LogP contribution in [0.5, 0.6) is 5.88 Å². The van der Waals surface area contributed by atoms with Crippen LogP contribution in [0.25, 0.3) is 0 Å². The van der Waals surface area contributed by atoms with Gasteiger partial charge in [0.25, 0.3) is 0 Å². The number of aromatic hydroxyl groups is 1. The van der Waals surface area contributed by atoms with Gasteiger partial charge in [0.2, 0.25) is 5.88 Å². The fourth-order valence-corrected chi connectivity index (χ4v) is 2.63. The Morgan fingerprint density at radius 2 is 2.36 bits per heavy atom. The van der Waals surface area contributed by atoms with Crippen molar-refractivity contribution in [2.75, 3.05) is 31.6 Å². The Kier molecular flexibility index (Phi) is 2.60. The molecule has 0 aliphatic carbocycles.